The fraction of sp³-hybridized carbons (Fsp3) is 0.714. The average Bonchev–Trinajstić information content (AvgIpc) is 3.13. The third kappa shape index (κ3) is 2.97. The Balaban J connectivity index is 1.79. The lowest BCUT2D eigenvalue weighted by Gasteiger charge is -2.33. The summed E-state index contributed by atoms with van der Waals surface area (Å²) in [4.78, 5) is 6.79. The van der Waals surface area contributed by atoms with Gasteiger partial charge in [-0.05, 0) is 32.7 Å². The minimum Gasteiger partial charge on any atom is -0.314 e. The molecule has 0 saturated carbocycles. The Kier molecular flexibility index (Phi) is 4.28. The number of piperidine rings is 1. The van der Waals surface area contributed by atoms with Crippen LogP contribution in [0.25, 0.3) is 0 Å². The standard InChI is InChI=1S/C14H23N7/c1-3-7-21-11(2)17-18-13(21)9-20-8-5-4-6-12(20)14-15-10-16-19-14/h10,12H,3-9H2,1-2H3,(H,15,16,19). The summed E-state index contributed by atoms with van der Waals surface area (Å²) in [6.07, 6.45) is 6.27. The molecular formula is C14H23N7. The molecule has 3 rings (SSSR count). The third-order valence-electron chi connectivity index (χ3n) is 4.17. The van der Waals surface area contributed by atoms with Gasteiger partial charge in [0.25, 0.3) is 0 Å². The van der Waals surface area contributed by atoms with Crippen molar-refractivity contribution < 1.29 is 0 Å². The van der Waals surface area contributed by atoms with Crippen molar-refractivity contribution in [2.75, 3.05) is 6.54 Å². The van der Waals surface area contributed by atoms with Crippen LogP contribution in [0, 0.1) is 6.92 Å². The minimum absolute atomic E-state index is 0.313. The van der Waals surface area contributed by atoms with Crippen LogP contribution in [-0.2, 0) is 13.1 Å². The number of hydrogen-bond acceptors (Lipinski definition) is 5. The molecule has 0 radical (unpaired) electrons. The molecule has 1 atom stereocenters. The quantitative estimate of drug-likeness (QED) is 0.909. The highest BCUT2D eigenvalue weighted by molar-refractivity contribution is 4.99. The lowest BCUT2D eigenvalue weighted by atomic mass is 10.0. The highest BCUT2D eigenvalue weighted by Crippen LogP contribution is 2.29. The maximum atomic E-state index is 4.37. The Labute approximate surface area is 124 Å². The van der Waals surface area contributed by atoms with Gasteiger partial charge in [0.2, 0.25) is 0 Å². The number of likely N-dealkylation sites (tertiary alicyclic amines) is 1. The van der Waals surface area contributed by atoms with E-state index in [4.69, 9.17) is 0 Å². The first-order valence-corrected chi connectivity index (χ1v) is 7.77. The smallest absolute Gasteiger partial charge is 0.147 e. The van der Waals surface area contributed by atoms with Crippen LogP contribution in [0.5, 0.6) is 0 Å². The topological polar surface area (TPSA) is 75.5 Å². The van der Waals surface area contributed by atoms with Gasteiger partial charge in [-0.15, -0.1) is 10.2 Å². The number of aromatic amines is 1. The van der Waals surface area contributed by atoms with Crippen molar-refractivity contribution in [3.63, 3.8) is 0 Å². The summed E-state index contributed by atoms with van der Waals surface area (Å²) in [5.74, 6) is 3.02. The van der Waals surface area contributed by atoms with Gasteiger partial charge in [0, 0.05) is 6.54 Å². The Morgan fingerprint density at radius 2 is 2.24 bits per heavy atom. The molecule has 0 amide bonds. The van der Waals surface area contributed by atoms with E-state index in [9.17, 15) is 0 Å². The summed E-state index contributed by atoms with van der Waals surface area (Å²) >= 11 is 0. The molecule has 0 aromatic carbocycles. The molecule has 2 aromatic heterocycles. The lowest BCUT2D eigenvalue weighted by Crippen LogP contribution is -2.34. The van der Waals surface area contributed by atoms with E-state index in [0.717, 1.165) is 49.9 Å². The number of nitrogens with one attached hydrogen (secondary N) is 1. The molecule has 1 saturated heterocycles. The van der Waals surface area contributed by atoms with E-state index in [1.165, 1.54) is 12.8 Å². The van der Waals surface area contributed by atoms with Crippen LogP contribution in [0.3, 0.4) is 0 Å². The van der Waals surface area contributed by atoms with Gasteiger partial charge in [-0.25, -0.2) is 4.98 Å². The molecule has 0 bridgehead atoms. The molecule has 7 nitrogen and oxygen atoms in total. The maximum Gasteiger partial charge on any atom is 0.147 e. The second-order valence-electron chi connectivity index (χ2n) is 5.67. The van der Waals surface area contributed by atoms with E-state index < -0.39 is 0 Å². The van der Waals surface area contributed by atoms with Crippen molar-refractivity contribution in [2.24, 2.45) is 0 Å². The Morgan fingerprint density at radius 3 is 3.00 bits per heavy atom. The summed E-state index contributed by atoms with van der Waals surface area (Å²) in [6, 6.07) is 0.313. The van der Waals surface area contributed by atoms with Crippen LogP contribution in [0.1, 0.15) is 56.1 Å². The van der Waals surface area contributed by atoms with Crippen LogP contribution in [0.15, 0.2) is 6.33 Å². The molecule has 1 N–H and O–H groups in total. The molecule has 0 aliphatic carbocycles. The molecule has 3 heterocycles. The van der Waals surface area contributed by atoms with Crippen molar-refractivity contribution in [3.05, 3.63) is 23.8 Å². The predicted octanol–water partition coefficient (Wildman–Crippen LogP) is 1.84. The Hall–Kier alpha value is -1.76. The van der Waals surface area contributed by atoms with Crippen LogP contribution < -0.4 is 0 Å². The highest BCUT2D eigenvalue weighted by Gasteiger charge is 2.27. The summed E-state index contributed by atoms with van der Waals surface area (Å²) in [7, 11) is 0. The van der Waals surface area contributed by atoms with Crippen molar-refractivity contribution >= 4 is 0 Å². The third-order valence-corrected chi connectivity index (χ3v) is 4.17. The first-order valence-electron chi connectivity index (χ1n) is 7.77. The molecule has 0 spiro atoms. The second kappa shape index (κ2) is 6.34. The molecule has 2 aromatic rings. The molecule has 7 heteroatoms. The van der Waals surface area contributed by atoms with Gasteiger partial charge in [0.1, 0.15) is 23.8 Å². The van der Waals surface area contributed by atoms with Gasteiger partial charge in [0.15, 0.2) is 0 Å². The molecule has 1 fully saturated rings. The Bertz CT molecular complexity index is 560. The lowest BCUT2D eigenvalue weighted by molar-refractivity contribution is 0.128. The monoisotopic (exact) mass is 289 g/mol. The minimum atomic E-state index is 0.313. The van der Waals surface area contributed by atoms with Gasteiger partial charge in [-0.2, -0.15) is 5.10 Å². The normalized spacial score (nSPS) is 20.0. The first-order chi connectivity index (χ1) is 10.3. The number of H-pyrrole nitrogens is 1. The fourth-order valence-electron chi connectivity index (χ4n) is 3.10. The van der Waals surface area contributed by atoms with Crippen molar-refractivity contribution in [2.45, 2.75) is 58.7 Å². The predicted molar refractivity (Wildman–Crippen MR) is 78.4 cm³/mol. The largest absolute Gasteiger partial charge is 0.314 e. The zero-order valence-electron chi connectivity index (χ0n) is 12.8. The van der Waals surface area contributed by atoms with E-state index in [2.05, 4.69) is 41.8 Å². The maximum absolute atomic E-state index is 4.37. The first kappa shape index (κ1) is 14.2. The zero-order chi connectivity index (χ0) is 14.7. The van der Waals surface area contributed by atoms with E-state index in [-0.39, 0.29) is 0 Å². The molecule has 114 valence electrons. The van der Waals surface area contributed by atoms with E-state index in [1.807, 2.05) is 6.92 Å². The second-order valence-corrected chi connectivity index (χ2v) is 5.67. The number of aromatic nitrogens is 6. The number of nitrogens with zero attached hydrogens (tertiary/aromatic N) is 6. The summed E-state index contributed by atoms with van der Waals surface area (Å²) in [6.45, 7) is 7.09. The fourth-order valence-corrected chi connectivity index (χ4v) is 3.10. The van der Waals surface area contributed by atoms with Gasteiger partial charge in [0.05, 0.1) is 12.6 Å². The summed E-state index contributed by atoms with van der Waals surface area (Å²) < 4.78 is 2.23. The van der Waals surface area contributed by atoms with Crippen LogP contribution >= 0.6 is 0 Å². The van der Waals surface area contributed by atoms with Gasteiger partial charge < -0.3 is 4.57 Å². The molecule has 1 aliphatic rings. The molecule has 1 unspecified atom stereocenters. The van der Waals surface area contributed by atoms with Crippen molar-refractivity contribution in [1.29, 1.82) is 0 Å². The van der Waals surface area contributed by atoms with Gasteiger partial charge in [-0.1, -0.05) is 13.3 Å². The molecular weight excluding hydrogens is 266 g/mol. The average molecular weight is 289 g/mol. The Morgan fingerprint density at radius 1 is 1.33 bits per heavy atom. The summed E-state index contributed by atoms with van der Waals surface area (Å²) in [5, 5.41) is 15.6. The highest BCUT2D eigenvalue weighted by atomic mass is 15.3. The number of rotatable bonds is 5. The SMILES string of the molecule is CCCn1c(C)nnc1CN1CCCCC1c1ncn[nH]1. The van der Waals surface area contributed by atoms with Crippen LogP contribution in [0.4, 0.5) is 0 Å². The van der Waals surface area contributed by atoms with E-state index in [1.54, 1.807) is 6.33 Å². The molecule has 21 heavy (non-hydrogen) atoms. The number of aryl methyl sites for hydroxylation is 1. The molecule has 1 aliphatic heterocycles. The van der Waals surface area contributed by atoms with E-state index >= 15 is 0 Å². The van der Waals surface area contributed by atoms with Gasteiger partial charge in [-0.3, -0.25) is 10.00 Å². The van der Waals surface area contributed by atoms with Gasteiger partial charge >= 0.3 is 0 Å². The number of hydrogen-bond donors (Lipinski definition) is 1. The van der Waals surface area contributed by atoms with Crippen LogP contribution in [0.2, 0.25) is 0 Å². The summed E-state index contributed by atoms with van der Waals surface area (Å²) in [5.41, 5.74) is 0. The zero-order valence-corrected chi connectivity index (χ0v) is 12.8. The van der Waals surface area contributed by atoms with Crippen molar-refractivity contribution in [1.82, 2.24) is 34.8 Å². The van der Waals surface area contributed by atoms with Crippen LogP contribution in [-0.4, -0.2) is 41.4 Å². The van der Waals surface area contributed by atoms with E-state index in [0.29, 0.717) is 6.04 Å². The van der Waals surface area contributed by atoms with Crippen molar-refractivity contribution in [3.8, 4) is 0 Å².